The number of fused-ring (bicyclic) bond motifs is 3. The SMILES string of the molecule is C=C1CCC2COc3cnc(C)nc3N12.CC. The molecule has 4 nitrogen and oxygen atoms in total. The Morgan fingerprint density at radius 3 is 3.00 bits per heavy atom. The lowest BCUT2D eigenvalue weighted by Gasteiger charge is -2.32. The molecule has 1 fully saturated rings. The Morgan fingerprint density at radius 2 is 2.24 bits per heavy atom. The smallest absolute Gasteiger partial charge is 0.180 e. The van der Waals surface area contributed by atoms with Crippen LogP contribution in [0.4, 0.5) is 5.82 Å². The standard InChI is InChI=1S/C11H13N3O.C2H6/c1-7-3-4-9-6-15-10-5-12-8(2)13-11(10)14(7)9;1-2/h5,9H,1,3-4,6H2,2H3;1-2H3. The largest absolute Gasteiger partial charge is 0.486 e. The molecule has 1 unspecified atom stereocenters. The molecule has 17 heavy (non-hydrogen) atoms. The Balaban J connectivity index is 0.000000514. The molecule has 3 heterocycles. The molecule has 2 aliphatic rings. The molecular weight excluding hydrogens is 214 g/mol. The molecule has 0 spiro atoms. The zero-order valence-corrected chi connectivity index (χ0v) is 10.7. The summed E-state index contributed by atoms with van der Waals surface area (Å²) >= 11 is 0. The van der Waals surface area contributed by atoms with E-state index in [1.807, 2.05) is 20.8 Å². The zero-order valence-electron chi connectivity index (χ0n) is 10.7. The third-order valence-corrected chi connectivity index (χ3v) is 2.99. The van der Waals surface area contributed by atoms with Crippen LogP contribution in [0.3, 0.4) is 0 Å². The van der Waals surface area contributed by atoms with Gasteiger partial charge in [0.05, 0.1) is 12.2 Å². The minimum absolute atomic E-state index is 0.416. The molecule has 0 saturated carbocycles. The monoisotopic (exact) mass is 233 g/mol. The number of aryl methyl sites for hydroxylation is 1. The van der Waals surface area contributed by atoms with Crippen molar-refractivity contribution < 1.29 is 4.74 Å². The van der Waals surface area contributed by atoms with Gasteiger partial charge in [-0.15, -0.1) is 0 Å². The van der Waals surface area contributed by atoms with Gasteiger partial charge in [0, 0.05) is 5.70 Å². The van der Waals surface area contributed by atoms with E-state index < -0.39 is 0 Å². The van der Waals surface area contributed by atoms with Gasteiger partial charge in [0.1, 0.15) is 12.4 Å². The number of ether oxygens (including phenoxy) is 1. The maximum Gasteiger partial charge on any atom is 0.180 e. The third kappa shape index (κ3) is 1.99. The van der Waals surface area contributed by atoms with Gasteiger partial charge in [-0.1, -0.05) is 20.4 Å². The van der Waals surface area contributed by atoms with Crippen LogP contribution >= 0.6 is 0 Å². The van der Waals surface area contributed by atoms with Crippen molar-refractivity contribution in [2.24, 2.45) is 0 Å². The van der Waals surface area contributed by atoms with Gasteiger partial charge in [0.15, 0.2) is 11.6 Å². The maximum atomic E-state index is 5.63. The second kappa shape index (κ2) is 4.73. The summed E-state index contributed by atoms with van der Waals surface area (Å²) in [6, 6.07) is 0.416. The summed E-state index contributed by atoms with van der Waals surface area (Å²) in [4.78, 5) is 10.8. The average molecular weight is 233 g/mol. The molecule has 1 atom stereocenters. The van der Waals surface area contributed by atoms with E-state index in [-0.39, 0.29) is 0 Å². The Kier molecular flexibility index (Phi) is 3.31. The molecule has 1 aromatic heterocycles. The molecule has 2 aliphatic heterocycles. The van der Waals surface area contributed by atoms with Crippen LogP contribution in [0.2, 0.25) is 0 Å². The van der Waals surface area contributed by atoms with Crippen LogP contribution in [0.1, 0.15) is 32.5 Å². The molecule has 1 aromatic rings. The molecular formula is C13H19N3O. The minimum atomic E-state index is 0.416. The van der Waals surface area contributed by atoms with E-state index in [4.69, 9.17) is 4.74 Å². The molecule has 0 radical (unpaired) electrons. The summed E-state index contributed by atoms with van der Waals surface area (Å²) in [6.45, 7) is 10.7. The third-order valence-electron chi connectivity index (χ3n) is 2.99. The summed E-state index contributed by atoms with van der Waals surface area (Å²) in [5.41, 5.74) is 1.14. The van der Waals surface area contributed by atoms with Crippen LogP contribution in [0.5, 0.6) is 5.75 Å². The van der Waals surface area contributed by atoms with Crippen LogP contribution < -0.4 is 9.64 Å². The van der Waals surface area contributed by atoms with Crippen molar-refractivity contribution in [2.75, 3.05) is 11.5 Å². The fourth-order valence-electron chi connectivity index (χ4n) is 2.23. The number of hydrogen-bond donors (Lipinski definition) is 0. The Labute approximate surface area is 102 Å². The molecule has 92 valence electrons. The highest BCUT2D eigenvalue weighted by molar-refractivity contribution is 5.59. The number of rotatable bonds is 0. The molecule has 3 rings (SSSR count). The molecule has 4 heteroatoms. The van der Waals surface area contributed by atoms with Gasteiger partial charge >= 0.3 is 0 Å². The lowest BCUT2D eigenvalue weighted by molar-refractivity contribution is 0.270. The summed E-state index contributed by atoms with van der Waals surface area (Å²) < 4.78 is 5.63. The first kappa shape index (κ1) is 11.9. The predicted octanol–water partition coefficient (Wildman–Crippen LogP) is 2.69. The van der Waals surface area contributed by atoms with Crippen molar-refractivity contribution in [3.63, 3.8) is 0 Å². The fraction of sp³-hybridized carbons (Fsp3) is 0.538. The van der Waals surface area contributed by atoms with Crippen molar-refractivity contribution >= 4 is 5.82 Å². The molecule has 0 N–H and O–H groups in total. The highest BCUT2D eigenvalue weighted by Gasteiger charge is 2.35. The molecule has 0 aromatic carbocycles. The van der Waals surface area contributed by atoms with E-state index in [1.54, 1.807) is 6.20 Å². The van der Waals surface area contributed by atoms with Crippen molar-refractivity contribution in [1.29, 1.82) is 0 Å². The van der Waals surface area contributed by atoms with Crippen molar-refractivity contribution in [3.05, 3.63) is 24.3 Å². The van der Waals surface area contributed by atoms with Crippen LogP contribution in [-0.4, -0.2) is 22.6 Å². The van der Waals surface area contributed by atoms with Crippen LogP contribution in [-0.2, 0) is 0 Å². The number of allylic oxidation sites excluding steroid dienone is 1. The molecule has 0 amide bonds. The summed E-state index contributed by atoms with van der Waals surface area (Å²) in [7, 11) is 0. The zero-order chi connectivity index (χ0) is 12.4. The van der Waals surface area contributed by atoms with Gasteiger partial charge in [-0.05, 0) is 19.8 Å². The Morgan fingerprint density at radius 1 is 1.47 bits per heavy atom. The number of anilines is 1. The summed E-state index contributed by atoms with van der Waals surface area (Å²) in [6.07, 6.45) is 3.90. The number of aromatic nitrogens is 2. The second-order valence-electron chi connectivity index (χ2n) is 4.04. The van der Waals surface area contributed by atoms with Crippen LogP contribution in [0.15, 0.2) is 18.5 Å². The topological polar surface area (TPSA) is 38.3 Å². The van der Waals surface area contributed by atoms with E-state index in [0.717, 1.165) is 42.5 Å². The lowest BCUT2D eigenvalue weighted by atomic mass is 10.2. The summed E-state index contributed by atoms with van der Waals surface area (Å²) in [5.74, 6) is 2.44. The van der Waals surface area contributed by atoms with E-state index in [2.05, 4.69) is 21.4 Å². The highest BCUT2D eigenvalue weighted by atomic mass is 16.5. The van der Waals surface area contributed by atoms with E-state index in [1.165, 1.54) is 0 Å². The average Bonchev–Trinajstić information content (AvgIpc) is 2.74. The van der Waals surface area contributed by atoms with Gasteiger partial charge in [-0.2, -0.15) is 0 Å². The summed E-state index contributed by atoms with van der Waals surface area (Å²) in [5, 5.41) is 0. The maximum absolute atomic E-state index is 5.63. The first-order valence-corrected chi connectivity index (χ1v) is 6.19. The minimum Gasteiger partial charge on any atom is -0.486 e. The first-order chi connectivity index (χ1) is 8.25. The van der Waals surface area contributed by atoms with Crippen molar-refractivity contribution in [2.45, 2.75) is 39.7 Å². The second-order valence-corrected chi connectivity index (χ2v) is 4.04. The number of hydrogen-bond acceptors (Lipinski definition) is 4. The lowest BCUT2D eigenvalue weighted by Crippen LogP contribution is -2.37. The van der Waals surface area contributed by atoms with Crippen LogP contribution in [0.25, 0.3) is 0 Å². The van der Waals surface area contributed by atoms with Gasteiger partial charge in [0.2, 0.25) is 0 Å². The molecule has 1 saturated heterocycles. The molecule has 0 bridgehead atoms. The fourth-order valence-corrected chi connectivity index (χ4v) is 2.23. The van der Waals surface area contributed by atoms with Crippen molar-refractivity contribution in [3.8, 4) is 5.75 Å². The van der Waals surface area contributed by atoms with E-state index >= 15 is 0 Å². The highest BCUT2D eigenvalue weighted by Crippen LogP contribution is 2.39. The Bertz CT molecular complexity index is 431. The first-order valence-electron chi connectivity index (χ1n) is 6.19. The van der Waals surface area contributed by atoms with Gasteiger partial charge in [0.25, 0.3) is 0 Å². The van der Waals surface area contributed by atoms with Gasteiger partial charge in [-0.3, -0.25) is 0 Å². The predicted molar refractivity (Wildman–Crippen MR) is 68.3 cm³/mol. The normalized spacial score (nSPS) is 21.0. The Hall–Kier alpha value is -1.58. The van der Waals surface area contributed by atoms with E-state index in [0.29, 0.717) is 6.04 Å². The van der Waals surface area contributed by atoms with Gasteiger partial charge < -0.3 is 9.64 Å². The van der Waals surface area contributed by atoms with Crippen molar-refractivity contribution in [1.82, 2.24) is 9.97 Å². The van der Waals surface area contributed by atoms with Crippen LogP contribution in [0, 0.1) is 6.92 Å². The molecule has 0 aliphatic carbocycles. The van der Waals surface area contributed by atoms with E-state index in [9.17, 15) is 0 Å². The number of nitrogens with zero attached hydrogens (tertiary/aromatic N) is 3. The quantitative estimate of drug-likeness (QED) is 0.690. The van der Waals surface area contributed by atoms with Gasteiger partial charge in [-0.25, -0.2) is 9.97 Å².